The topological polar surface area (TPSA) is 63.4 Å². The monoisotopic (exact) mass is 314 g/mol. The van der Waals surface area contributed by atoms with Crippen LogP contribution in [-0.2, 0) is 16.4 Å². The molecule has 0 bridgehead atoms. The fourth-order valence-corrected chi connectivity index (χ4v) is 3.69. The lowest BCUT2D eigenvalue weighted by atomic mass is 10.3. The van der Waals surface area contributed by atoms with E-state index in [0.29, 0.717) is 13.0 Å². The standard InChI is InChI=1S/C13H15FN2O2S2/c1-16(5-4-12-3-2-6-19-12)20(17,18)13-8-10(14)7-11(15)9-13/h2-3,6-9H,4-5,15H2,1H3. The lowest BCUT2D eigenvalue weighted by molar-refractivity contribution is 0.472. The average Bonchev–Trinajstić information content (AvgIpc) is 2.87. The van der Waals surface area contributed by atoms with E-state index in [4.69, 9.17) is 5.73 Å². The van der Waals surface area contributed by atoms with Gasteiger partial charge in [-0.15, -0.1) is 11.3 Å². The fourth-order valence-electron chi connectivity index (χ4n) is 1.76. The van der Waals surface area contributed by atoms with Crippen LogP contribution in [0.25, 0.3) is 0 Å². The van der Waals surface area contributed by atoms with Gasteiger partial charge < -0.3 is 5.73 Å². The number of halogens is 1. The van der Waals surface area contributed by atoms with Gasteiger partial charge in [-0.25, -0.2) is 17.1 Å². The second-order valence-corrected chi connectivity index (χ2v) is 7.45. The molecule has 0 amide bonds. The molecule has 0 fully saturated rings. The highest BCUT2D eigenvalue weighted by molar-refractivity contribution is 7.89. The molecule has 2 aromatic rings. The number of rotatable bonds is 5. The molecule has 0 saturated carbocycles. The molecule has 0 atom stereocenters. The van der Waals surface area contributed by atoms with Crippen LogP contribution in [0.1, 0.15) is 4.88 Å². The number of nitrogens with two attached hydrogens (primary N) is 1. The first kappa shape index (κ1) is 15.0. The van der Waals surface area contributed by atoms with E-state index >= 15 is 0 Å². The molecule has 2 rings (SSSR count). The molecule has 0 radical (unpaired) electrons. The Hall–Kier alpha value is -1.44. The van der Waals surface area contributed by atoms with Crippen molar-refractivity contribution in [2.24, 2.45) is 0 Å². The van der Waals surface area contributed by atoms with Crippen LogP contribution < -0.4 is 5.73 Å². The van der Waals surface area contributed by atoms with Crippen molar-refractivity contribution in [2.45, 2.75) is 11.3 Å². The van der Waals surface area contributed by atoms with Gasteiger partial charge in [-0.3, -0.25) is 0 Å². The Kier molecular flexibility index (Phi) is 4.42. The van der Waals surface area contributed by atoms with Crippen LogP contribution in [0.2, 0.25) is 0 Å². The highest BCUT2D eigenvalue weighted by Crippen LogP contribution is 2.20. The van der Waals surface area contributed by atoms with E-state index in [0.717, 1.165) is 17.0 Å². The summed E-state index contributed by atoms with van der Waals surface area (Å²) in [5, 5.41) is 1.94. The van der Waals surface area contributed by atoms with Crippen molar-refractivity contribution in [2.75, 3.05) is 19.3 Å². The molecule has 1 heterocycles. The molecular weight excluding hydrogens is 299 g/mol. The molecule has 0 aliphatic carbocycles. The van der Waals surface area contributed by atoms with Gasteiger partial charge in [0.1, 0.15) is 5.82 Å². The molecule has 0 aliphatic heterocycles. The van der Waals surface area contributed by atoms with E-state index in [1.165, 1.54) is 17.4 Å². The van der Waals surface area contributed by atoms with Gasteiger partial charge in [0.15, 0.2) is 0 Å². The summed E-state index contributed by atoms with van der Waals surface area (Å²) in [6.45, 7) is 0.333. The van der Waals surface area contributed by atoms with Crippen molar-refractivity contribution >= 4 is 27.0 Å². The van der Waals surface area contributed by atoms with Crippen molar-refractivity contribution in [1.82, 2.24) is 4.31 Å². The van der Waals surface area contributed by atoms with Crippen LogP contribution in [-0.4, -0.2) is 26.3 Å². The molecule has 1 aromatic heterocycles. The van der Waals surface area contributed by atoms with Crippen LogP contribution >= 0.6 is 11.3 Å². The molecule has 108 valence electrons. The number of hydrogen-bond acceptors (Lipinski definition) is 4. The first-order chi connectivity index (χ1) is 9.39. The number of anilines is 1. The summed E-state index contributed by atoms with van der Waals surface area (Å²) < 4.78 is 39.1. The zero-order chi connectivity index (χ0) is 14.8. The van der Waals surface area contributed by atoms with Gasteiger partial charge in [0, 0.05) is 24.2 Å². The van der Waals surface area contributed by atoms with E-state index in [1.54, 1.807) is 11.3 Å². The number of hydrogen-bond donors (Lipinski definition) is 1. The summed E-state index contributed by atoms with van der Waals surface area (Å²) in [4.78, 5) is 0.981. The predicted octanol–water partition coefficient (Wildman–Crippen LogP) is 2.33. The molecule has 20 heavy (non-hydrogen) atoms. The average molecular weight is 314 g/mol. The van der Waals surface area contributed by atoms with E-state index in [9.17, 15) is 12.8 Å². The first-order valence-electron chi connectivity index (χ1n) is 5.94. The van der Waals surface area contributed by atoms with Crippen molar-refractivity contribution in [3.05, 3.63) is 46.4 Å². The molecule has 4 nitrogen and oxygen atoms in total. The summed E-state index contributed by atoms with van der Waals surface area (Å²) in [5.74, 6) is -0.657. The molecule has 7 heteroatoms. The second kappa shape index (κ2) is 5.90. The Morgan fingerprint density at radius 3 is 2.70 bits per heavy atom. The summed E-state index contributed by atoms with van der Waals surface area (Å²) in [6.07, 6.45) is 0.623. The zero-order valence-corrected chi connectivity index (χ0v) is 12.5. The van der Waals surface area contributed by atoms with Gasteiger partial charge in [0.05, 0.1) is 4.90 Å². The maximum atomic E-state index is 13.3. The van der Waals surface area contributed by atoms with Crippen LogP contribution in [0, 0.1) is 5.82 Å². The van der Waals surface area contributed by atoms with Gasteiger partial charge in [-0.2, -0.15) is 0 Å². The highest BCUT2D eigenvalue weighted by Gasteiger charge is 2.21. The van der Waals surface area contributed by atoms with Crippen molar-refractivity contribution in [3.63, 3.8) is 0 Å². The molecule has 1 aromatic carbocycles. The van der Waals surface area contributed by atoms with Gasteiger partial charge >= 0.3 is 0 Å². The number of likely N-dealkylation sites (N-methyl/N-ethyl adjacent to an activating group) is 1. The third-order valence-electron chi connectivity index (χ3n) is 2.86. The van der Waals surface area contributed by atoms with E-state index in [-0.39, 0.29) is 10.6 Å². The normalized spacial score (nSPS) is 11.9. The van der Waals surface area contributed by atoms with Crippen LogP contribution in [0.5, 0.6) is 0 Å². The molecular formula is C13H15FN2O2S2. The van der Waals surface area contributed by atoms with Crippen LogP contribution in [0.4, 0.5) is 10.1 Å². The number of thiophene rings is 1. The Bertz CT molecular complexity index is 664. The summed E-state index contributed by atoms with van der Waals surface area (Å²) in [7, 11) is -2.24. The third kappa shape index (κ3) is 3.36. The minimum atomic E-state index is -3.72. The van der Waals surface area contributed by atoms with Gasteiger partial charge in [-0.05, 0) is 36.1 Å². The first-order valence-corrected chi connectivity index (χ1v) is 8.26. The van der Waals surface area contributed by atoms with Crippen LogP contribution in [0.15, 0.2) is 40.6 Å². The lowest BCUT2D eigenvalue weighted by Gasteiger charge is -2.17. The number of benzene rings is 1. The molecule has 0 aliphatic rings. The Balaban J connectivity index is 2.16. The molecule has 0 saturated heterocycles. The summed E-state index contributed by atoms with van der Waals surface area (Å²) in [6, 6.07) is 7.20. The Morgan fingerprint density at radius 1 is 1.35 bits per heavy atom. The van der Waals surface area contributed by atoms with Crippen molar-refractivity contribution in [3.8, 4) is 0 Å². The second-order valence-electron chi connectivity index (χ2n) is 4.38. The largest absolute Gasteiger partial charge is 0.399 e. The maximum Gasteiger partial charge on any atom is 0.243 e. The fraction of sp³-hybridized carbons (Fsp3) is 0.231. The minimum Gasteiger partial charge on any atom is -0.399 e. The summed E-state index contributed by atoms with van der Waals surface area (Å²) >= 11 is 1.57. The van der Waals surface area contributed by atoms with Crippen molar-refractivity contribution in [1.29, 1.82) is 0 Å². The quantitative estimate of drug-likeness (QED) is 0.862. The van der Waals surface area contributed by atoms with Gasteiger partial charge in [0.2, 0.25) is 10.0 Å². The van der Waals surface area contributed by atoms with Crippen molar-refractivity contribution < 1.29 is 12.8 Å². The van der Waals surface area contributed by atoms with E-state index in [2.05, 4.69) is 0 Å². The van der Waals surface area contributed by atoms with E-state index < -0.39 is 15.8 Å². The molecule has 0 unspecified atom stereocenters. The predicted molar refractivity (Wildman–Crippen MR) is 78.7 cm³/mol. The zero-order valence-electron chi connectivity index (χ0n) is 10.9. The maximum absolute atomic E-state index is 13.3. The number of nitrogens with zero attached hydrogens (tertiary/aromatic N) is 1. The molecule has 0 spiro atoms. The number of sulfonamides is 1. The lowest BCUT2D eigenvalue weighted by Crippen LogP contribution is -2.29. The summed E-state index contributed by atoms with van der Waals surface area (Å²) in [5.41, 5.74) is 5.58. The smallest absolute Gasteiger partial charge is 0.243 e. The van der Waals surface area contributed by atoms with E-state index in [1.807, 2.05) is 17.5 Å². The third-order valence-corrected chi connectivity index (χ3v) is 5.63. The SMILES string of the molecule is CN(CCc1cccs1)S(=O)(=O)c1cc(N)cc(F)c1. The Labute approximate surface area is 121 Å². The molecule has 2 N–H and O–H groups in total. The van der Waals surface area contributed by atoms with Gasteiger partial charge in [-0.1, -0.05) is 6.07 Å². The number of nitrogen functional groups attached to an aromatic ring is 1. The Morgan fingerprint density at radius 2 is 2.10 bits per heavy atom. The minimum absolute atomic E-state index is 0.0928. The highest BCUT2D eigenvalue weighted by atomic mass is 32.2. The van der Waals surface area contributed by atoms with Gasteiger partial charge in [0.25, 0.3) is 0 Å². The van der Waals surface area contributed by atoms with Crippen LogP contribution in [0.3, 0.4) is 0 Å².